The summed E-state index contributed by atoms with van der Waals surface area (Å²) in [6, 6.07) is 8.80. The molecule has 5 nitrogen and oxygen atoms in total. The topological polar surface area (TPSA) is 50.3 Å². The van der Waals surface area contributed by atoms with Crippen LogP contribution in [0.3, 0.4) is 0 Å². The molecule has 0 spiro atoms. The van der Waals surface area contributed by atoms with Gasteiger partial charge in [-0.15, -0.1) is 13.2 Å². The number of piperidine rings is 1. The SMILES string of the molecule is FC(F)(F)Oc1ccc(NC2CCN(c3ccccn3)CC2)nc1. The largest absolute Gasteiger partial charge is 0.573 e. The number of hydrogen-bond acceptors (Lipinski definition) is 5. The maximum atomic E-state index is 12.1. The quantitative estimate of drug-likeness (QED) is 0.925. The summed E-state index contributed by atoms with van der Waals surface area (Å²) >= 11 is 0. The lowest BCUT2D eigenvalue weighted by atomic mass is 10.1. The summed E-state index contributed by atoms with van der Waals surface area (Å²) in [7, 11) is 0. The molecular formula is C16H17F3N4O. The highest BCUT2D eigenvalue weighted by atomic mass is 19.4. The minimum Gasteiger partial charge on any atom is -0.404 e. The van der Waals surface area contributed by atoms with Gasteiger partial charge < -0.3 is 15.0 Å². The number of halogens is 3. The number of hydrogen-bond donors (Lipinski definition) is 1. The zero-order chi connectivity index (χ0) is 17.0. The maximum absolute atomic E-state index is 12.1. The lowest BCUT2D eigenvalue weighted by molar-refractivity contribution is -0.274. The van der Waals surface area contributed by atoms with E-state index < -0.39 is 6.36 Å². The molecule has 0 atom stereocenters. The van der Waals surface area contributed by atoms with Crippen LogP contribution in [-0.4, -0.2) is 35.5 Å². The van der Waals surface area contributed by atoms with Crippen LogP contribution < -0.4 is 15.0 Å². The minimum absolute atomic E-state index is 0.229. The Bertz CT molecular complexity index is 641. The highest BCUT2D eigenvalue weighted by Gasteiger charge is 2.31. The fourth-order valence-electron chi connectivity index (χ4n) is 2.66. The summed E-state index contributed by atoms with van der Waals surface area (Å²) < 4.78 is 40.2. The van der Waals surface area contributed by atoms with Crippen molar-refractivity contribution in [2.24, 2.45) is 0 Å². The number of alkyl halides is 3. The molecule has 1 aliphatic heterocycles. The Morgan fingerprint density at radius 3 is 2.46 bits per heavy atom. The number of nitrogens with one attached hydrogen (secondary N) is 1. The van der Waals surface area contributed by atoms with Crippen molar-refractivity contribution in [1.82, 2.24) is 9.97 Å². The second kappa shape index (κ2) is 6.94. The van der Waals surface area contributed by atoms with Crippen LogP contribution in [0, 0.1) is 0 Å². The van der Waals surface area contributed by atoms with Crippen molar-refractivity contribution in [1.29, 1.82) is 0 Å². The summed E-state index contributed by atoms with van der Waals surface area (Å²) in [6.07, 6.45) is -0.0555. The van der Waals surface area contributed by atoms with Crippen LogP contribution in [0.5, 0.6) is 5.75 Å². The van der Waals surface area contributed by atoms with Gasteiger partial charge in [0.05, 0.1) is 6.20 Å². The van der Waals surface area contributed by atoms with Gasteiger partial charge in [-0.2, -0.15) is 0 Å². The van der Waals surface area contributed by atoms with Crippen molar-refractivity contribution in [3.63, 3.8) is 0 Å². The Balaban J connectivity index is 1.51. The molecule has 0 aliphatic carbocycles. The van der Waals surface area contributed by atoms with Crippen LogP contribution in [-0.2, 0) is 0 Å². The highest BCUT2D eigenvalue weighted by Crippen LogP contribution is 2.24. The van der Waals surface area contributed by atoms with Crippen molar-refractivity contribution in [3.05, 3.63) is 42.7 Å². The molecule has 0 bridgehead atoms. The summed E-state index contributed by atoms with van der Waals surface area (Å²) in [5.41, 5.74) is 0. The normalized spacial score (nSPS) is 16.0. The van der Waals surface area contributed by atoms with Gasteiger partial charge in [0.15, 0.2) is 0 Å². The van der Waals surface area contributed by atoms with Crippen LogP contribution in [0.4, 0.5) is 24.8 Å². The number of aromatic nitrogens is 2. The van der Waals surface area contributed by atoms with E-state index in [4.69, 9.17) is 0 Å². The van der Waals surface area contributed by atoms with E-state index in [0.29, 0.717) is 5.82 Å². The van der Waals surface area contributed by atoms with E-state index in [1.165, 1.54) is 12.1 Å². The van der Waals surface area contributed by atoms with E-state index in [1.807, 2.05) is 18.2 Å². The van der Waals surface area contributed by atoms with E-state index in [2.05, 4.69) is 24.9 Å². The molecule has 0 radical (unpaired) electrons. The molecule has 2 aromatic rings. The van der Waals surface area contributed by atoms with Gasteiger partial charge in [0.25, 0.3) is 0 Å². The molecule has 3 rings (SSSR count). The van der Waals surface area contributed by atoms with Gasteiger partial charge >= 0.3 is 6.36 Å². The molecule has 128 valence electrons. The Morgan fingerprint density at radius 1 is 1.08 bits per heavy atom. The van der Waals surface area contributed by atoms with E-state index in [-0.39, 0.29) is 11.8 Å². The fraction of sp³-hybridized carbons (Fsp3) is 0.375. The third-order valence-corrected chi connectivity index (χ3v) is 3.79. The Labute approximate surface area is 137 Å². The summed E-state index contributed by atoms with van der Waals surface area (Å²) in [5, 5.41) is 3.25. The van der Waals surface area contributed by atoms with Crippen molar-refractivity contribution in [2.45, 2.75) is 25.2 Å². The molecule has 0 saturated carbocycles. The molecule has 1 fully saturated rings. The first-order chi connectivity index (χ1) is 11.5. The van der Waals surface area contributed by atoms with Crippen LogP contribution in [0.1, 0.15) is 12.8 Å². The van der Waals surface area contributed by atoms with Crippen LogP contribution in [0.25, 0.3) is 0 Å². The van der Waals surface area contributed by atoms with Gasteiger partial charge in [0.1, 0.15) is 17.4 Å². The zero-order valence-electron chi connectivity index (χ0n) is 12.8. The Morgan fingerprint density at radius 2 is 1.88 bits per heavy atom. The van der Waals surface area contributed by atoms with Crippen LogP contribution in [0.2, 0.25) is 0 Å². The molecule has 1 saturated heterocycles. The first kappa shape index (κ1) is 16.4. The summed E-state index contributed by atoms with van der Waals surface area (Å²) in [5.74, 6) is 1.18. The van der Waals surface area contributed by atoms with Gasteiger partial charge in [-0.25, -0.2) is 9.97 Å². The Hall–Kier alpha value is -2.51. The predicted octanol–water partition coefficient (Wildman–Crippen LogP) is 3.46. The number of ether oxygens (including phenoxy) is 1. The molecule has 24 heavy (non-hydrogen) atoms. The first-order valence-electron chi connectivity index (χ1n) is 7.64. The second-order valence-corrected chi connectivity index (χ2v) is 5.52. The number of anilines is 2. The average Bonchev–Trinajstić information content (AvgIpc) is 2.57. The summed E-state index contributed by atoms with van der Waals surface area (Å²) in [6.45, 7) is 1.73. The van der Waals surface area contributed by atoms with Gasteiger partial charge in [0.2, 0.25) is 0 Å². The molecule has 0 aromatic carbocycles. The maximum Gasteiger partial charge on any atom is 0.573 e. The fourth-order valence-corrected chi connectivity index (χ4v) is 2.66. The smallest absolute Gasteiger partial charge is 0.404 e. The van der Waals surface area contributed by atoms with Gasteiger partial charge in [0, 0.05) is 25.3 Å². The molecule has 0 amide bonds. The number of rotatable bonds is 4. The Kier molecular flexibility index (Phi) is 4.73. The molecule has 1 N–H and O–H groups in total. The molecule has 2 aromatic heterocycles. The lowest BCUT2D eigenvalue weighted by Crippen LogP contribution is -2.39. The summed E-state index contributed by atoms with van der Waals surface area (Å²) in [4.78, 5) is 10.5. The van der Waals surface area contributed by atoms with Crippen molar-refractivity contribution < 1.29 is 17.9 Å². The van der Waals surface area contributed by atoms with E-state index >= 15 is 0 Å². The van der Waals surface area contributed by atoms with Gasteiger partial charge in [-0.3, -0.25) is 0 Å². The predicted molar refractivity (Wildman–Crippen MR) is 84.0 cm³/mol. The third kappa shape index (κ3) is 4.50. The van der Waals surface area contributed by atoms with E-state index in [0.717, 1.165) is 37.9 Å². The third-order valence-electron chi connectivity index (χ3n) is 3.79. The molecule has 8 heteroatoms. The highest BCUT2D eigenvalue weighted by molar-refractivity contribution is 5.41. The molecular weight excluding hydrogens is 321 g/mol. The molecule has 3 heterocycles. The van der Waals surface area contributed by atoms with Crippen LogP contribution >= 0.6 is 0 Å². The lowest BCUT2D eigenvalue weighted by Gasteiger charge is -2.33. The van der Waals surface area contributed by atoms with Crippen molar-refractivity contribution >= 4 is 11.6 Å². The number of nitrogens with zero attached hydrogens (tertiary/aromatic N) is 3. The average molecular weight is 338 g/mol. The molecule has 0 unspecified atom stereocenters. The minimum atomic E-state index is -4.70. The van der Waals surface area contributed by atoms with E-state index in [1.54, 1.807) is 6.20 Å². The van der Waals surface area contributed by atoms with Gasteiger partial charge in [-0.1, -0.05) is 6.07 Å². The van der Waals surface area contributed by atoms with Crippen molar-refractivity contribution in [3.8, 4) is 5.75 Å². The van der Waals surface area contributed by atoms with Crippen molar-refractivity contribution in [2.75, 3.05) is 23.3 Å². The van der Waals surface area contributed by atoms with Crippen LogP contribution in [0.15, 0.2) is 42.7 Å². The van der Waals surface area contributed by atoms with Gasteiger partial charge in [-0.05, 0) is 37.1 Å². The molecule has 1 aliphatic rings. The first-order valence-corrected chi connectivity index (χ1v) is 7.64. The second-order valence-electron chi connectivity index (χ2n) is 5.52. The zero-order valence-corrected chi connectivity index (χ0v) is 12.8. The number of pyridine rings is 2. The standard InChI is InChI=1S/C16H17F3N4O/c17-16(18,19)24-13-4-5-14(21-11-13)22-12-6-9-23(10-7-12)15-3-1-2-8-20-15/h1-5,8,11-12H,6-7,9-10H2,(H,21,22). The van der Waals surface area contributed by atoms with E-state index in [9.17, 15) is 13.2 Å². The monoisotopic (exact) mass is 338 g/mol.